The summed E-state index contributed by atoms with van der Waals surface area (Å²) < 4.78 is 5.04. The van der Waals surface area contributed by atoms with Crippen LogP contribution in [0.2, 0.25) is 0 Å². The average Bonchev–Trinajstić information content (AvgIpc) is 2.58. The van der Waals surface area contributed by atoms with Crippen LogP contribution in [0.25, 0.3) is 0 Å². The number of nitrogens with one attached hydrogen (secondary N) is 1. The van der Waals surface area contributed by atoms with Gasteiger partial charge in [-0.2, -0.15) is 0 Å². The van der Waals surface area contributed by atoms with Crippen LogP contribution in [0, 0.1) is 13.8 Å². The molecule has 0 aromatic heterocycles. The van der Waals surface area contributed by atoms with E-state index in [4.69, 9.17) is 15.4 Å². The Bertz CT molecular complexity index is 588. The molecule has 2 aromatic carbocycles. The number of benzene rings is 2. The Kier molecular flexibility index (Phi) is 10.3. The van der Waals surface area contributed by atoms with E-state index in [1.807, 2.05) is 30.4 Å². The van der Waals surface area contributed by atoms with Crippen molar-refractivity contribution in [2.75, 3.05) is 6.61 Å². The highest BCUT2D eigenvalue weighted by molar-refractivity contribution is 5.76. The molecule has 23 heavy (non-hydrogen) atoms. The van der Waals surface area contributed by atoms with E-state index in [0.717, 1.165) is 5.56 Å². The SMILES string of the molecule is C=O.Cc1ccc(OCC(=O)NN)cc1O.Cc1ccccc1. The summed E-state index contributed by atoms with van der Waals surface area (Å²) in [7, 11) is 0. The number of phenols is 1. The Balaban J connectivity index is 0.000000449. The van der Waals surface area contributed by atoms with E-state index in [0.29, 0.717) is 5.75 Å². The van der Waals surface area contributed by atoms with Crippen molar-refractivity contribution in [3.8, 4) is 11.5 Å². The van der Waals surface area contributed by atoms with Crippen LogP contribution in [0.5, 0.6) is 11.5 Å². The molecule has 0 fully saturated rings. The van der Waals surface area contributed by atoms with Crippen molar-refractivity contribution in [1.29, 1.82) is 0 Å². The highest BCUT2D eigenvalue weighted by Gasteiger charge is 2.02. The van der Waals surface area contributed by atoms with Gasteiger partial charge in [0.25, 0.3) is 5.91 Å². The second-order valence-corrected chi connectivity index (χ2v) is 4.46. The fourth-order valence-electron chi connectivity index (χ4n) is 1.40. The van der Waals surface area contributed by atoms with E-state index < -0.39 is 5.91 Å². The first-order valence-electron chi connectivity index (χ1n) is 6.75. The number of aryl methyl sites for hydroxylation is 2. The van der Waals surface area contributed by atoms with E-state index >= 15 is 0 Å². The van der Waals surface area contributed by atoms with Crippen LogP contribution in [0.4, 0.5) is 0 Å². The van der Waals surface area contributed by atoms with E-state index in [1.165, 1.54) is 11.6 Å². The number of carbonyl (C=O) groups is 2. The Morgan fingerprint density at radius 2 is 1.78 bits per heavy atom. The van der Waals surface area contributed by atoms with Gasteiger partial charge in [0.15, 0.2) is 6.61 Å². The largest absolute Gasteiger partial charge is 0.508 e. The predicted octanol–water partition coefficient (Wildman–Crippen LogP) is 1.88. The zero-order chi connectivity index (χ0) is 17.7. The molecule has 0 aliphatic rings. The summed E-state index contributed by atoms with van der Waals surface area (Å²) in [4.78, 5) is 18.7. The number of amides is 1. The molecular formula is C17H22N2O4. The number of nitrogens with two attached hydrogens (primary N) is 1. The minimum Gasteiger partial charge on any atom is -0.508 e. The number of rotatable bonds is 3. The summed E-state index contributed by atoms with van der Waals surface area (Å²) in [5, 5.41) is 9.32. The Morgan fingerprint density at radius 1 is 1.17 bits per heavy atom. The van der Waals surface area contributed by atoms with E-state index in [1.54, 1.807) is 19.1 Å². The van der Waals surface area contributed by atoms with Gasteiger partial charge in [0.1, 0.15) is 18.3 Å². The van der Waals surface area contributed by atoms with Gasteiger partial charge in [-0.05, 0) is 25.5 Å². The molecular weight excluding hydrogens is 296 g/mol. The van der Waals surface area contributed by atoms with Gasteiger partial charge in [-0.1, -0.05) is 42.0 Å². The molecule has 1 amide bonds. The molecule has 0 radical (unpaired) electrons. The van der Waals surface area contributed by atoms with Crippen LogP contribution in [-0.2, 0) is 9.59 Å². The average molecular weight is 318 g/mol. The van der Waals surface area contributed by atoms with E-state index in [9.17, 15) is 9.90 Å². The third-order valence-electron chi connectivity index (χ3n) is 2.65. The summed E-state index contributed by atoms with van der Waals surface area (Å²) >= 11 is 0. The molecule has 4 N–H and O–H groups in total. The molecule has 0 atom stereocenters. The minimum absolute atomic E-state index is 0.135. The Labute approximate surface area is 135 Å². The highest BCUT2D eigenvalue weighted by atomic mass is 16.5. The van der Waals surface area contributed by atoms with Gasteiger partial charge in [0, 0.05) is 6.07 Å². The molecule has 6 nitrogen and oxygen atoms in total. The van der Waals surface area contributed by atoms with Gasteiger partial charge in [-0.3, -0.25) is 10.2 Å². The Morgan fingerprint density at radius 3 is 2.22 bits per heavy atom. The number of ether oxygens (including phenoxy) is 1. The third-order valence-corrected chi connectivity index (χ3v) is 2.65. The van der Waals surface area contributed by atoms with Gasteiger partial charge in [0.2, 0.25) is 0 Å². The van der Waals surface area contributed by atoms with Gasteiger partial charge < -0.3 is 14.6 Å². The minimum atomic E-state index is -0.426. The van der Waals surface area contributed by atoms with Crippen LogP contribution in [-0.4, -0.2) is 24.4 Å². The van der Waals surface area contributed by atoms with Crippen molar-refractivity contribution in [2.24, 2.45) is 5.84 Å². The van der Waals surface area contributed by atoms with E-state index in [2.05, 4.69) is 19.1 Å². The van der Waals surface area contributed by atoms with Crippen LogP contribution in [0.15, 0.2) is 48.5 Å². The van der Waals surface area contributed by atoms with Crippen molar-refractivity contribution < 1.29 is 19.4 Å². The standard InChI is InChI=1S/C9H12N2O3.C7H8.CH2O/c1-6-2-3-7(4-8(6)12)14-5-9(13)11-10;1-7-5-3-2-4-6-7;1-2/h2-4,12H,5,10H2,1H3,(H,11,13);2-6H,1H3;1H2. The second kappa shape index (κ2) is 11.8. The van der Waals surface area contributed by atoms with Gasteiger partial charge in [0.05, 0.1) is 0 Å². The zero-order valence-corrected chi connectivity index (χ0v) is 13.3. The zero-order valence-electron chi connectivity index (χ0n) is 13.3. The molecule has 124 valence electrons. The molecule has 0 saturated heterocycles. The number of hydrazine groups is 1. The lowest BCUT2D eigenvalue weighted by Crippen LogP contribution is -2.34. The quantitative estimate of drug-likeness (QED) is 0.455. The molecule has 0 bridgehead atoms. The van der Waals surface area contributed by atoms with Crippen LogP contribution >= 0.6 is 0 Å². The summed E-state index contributed by atoms with van der Waals surface area (Å²) in [6.45, 7) is 5.69. The lowest BCUT2D eigenvalue weighted by molar-refractivity contribution is -0.123. The van der Waals surface area contributed by atoms with Crippen molar-refractivity contribution in [3.05, 3.63) is 59.7 Å². The lowest BCUT2D eigenvalue weighted by atomic mass is 10.2. The highest BCUT2D eigenvalue weighted by Crippen LogP contribution is 2.22. The summed E-state index contributed by atoms with van der Waals surface area (Å²) in [6.07, 6.45) is 0. The van der Waals surface area contributed by atoms with Crippen molar-refractivity contribution in [2.45, 2.75) is 13.8 Å². The fraction of sp³-hybridized carbons (Fsp3) is 0.176. The lowest BCUT2D eigenvalue weighted by Gasteiger charge is -2.06. The summed E-state index contributed by atoms with van der Waals surface area (Å²) in [5.41, 5.74) is 4.01. The smallest absolute Gasteiger partial charge is 0.271 e. The molecule has 0 aliphatic carbocycles. The van der Waals surface area contributed by atoms with Crippen molar-refractivity contribution in [1.82, 2.24) is 5.43 Å². The summed E-state index contributed by atoms with van der Waals surface area (Å²) in [6, 6.07) is 15.1. The van der Waals surface area contributed by atoms with Gasteiger partial charge in [-0.15, -0.1) is 0 Å². The molecule has 6 heteroatoms. The van der Waals surface area contributed by atoms with Gasteiger partial charge in [-0.25, -0.2) is 5.84 Å². The number of carbonyl (C=O) groups excluding carboxylic acids is 2. The molecule has 2 aromatic rings. The molecule has 0 heterocycles. The van der Waals surface area contributed by atoms with E-state index in [-0.39, 0.29) is 12.4 Å². The predicted molar refractivity (Wildman–Crippen MR) is 89.0 cm³/mol. The first kappa shape index (κ1) is 20.1. The van der Waals surface area contributed by atoms with Crippen LogP contribution < -0.4 is 16.0 Å². The van der Waals surface area contributed by atoms with Gasteiger partial charge >= 0.3 is 0 Å². The monoisotopic (exact) mass is 318 g/mol. The van der Waals surface area contributed by atoms with Crippen molar-refractivity contribution >= 4 is 12.7 Å². The van der Waals surface area contributed by atoms with Crippen molar-refractivity contribution in [3.63, 3.8) is 0 Å². The summed E-state index contributed by atoms with van der Waals surface area (Å²) in [5.74, 6) is 5.00. The number of phenolic OH excluding ortho intramolecular Hbond substituents is 1. The first-order valence-corrected chi connectivity index (χ1v) is 6.75. The third kappa shape index (κ3) is 8.90. The molecule has 0 spiro atoms. The number of hydrogen-bond acceptors (Lipinski definition) is 5. The van der Waals surface area contributed by atoms with Crippen LogP contribution in [0.3, 0.4) is 0 Å². The topological polar surface area (TPSA) is 102 Å². The fourth-order valence-corrected chi connectivity index (χ4v) is 1.40. The van der Waals surface area contributed by atoms with Crippen LogP contribution in [0.1, 0.15) is 11.1 Å². The maximum Gasteiger partial charge on any atom is 0.271 e. The maximum atomic E-state index is 10.7. The number of hydrogen-bond donors (Lipinski definition) is 3. The number of aromatic hydroxyl groups is 1. The molecule has 0 aliphatic heterocycles. The maximum absolute atomic E-state index is 10.7. The molecule has 0 unspecified atom stereocenters. The normalized spacial score (nSPS) is 8.65. The molecule has 2 rings (SSSR count). The first-order chi connectivity index (χ1) is 11.0. The molecule has 0 saturated carbocycles. The Hall–Kier alpha value is -2.86. The second-order valence-electron chi connectivity index (χ2n) is 4.46.